The number of rotatable bonds is 1. The second-order valence-electron chi connectivity index (χ2n) is 3.54. The van der Waals surface area contributed by atoms with Gasteiger partial charge in [-0.05, 0) is 13.8 Å². The molecule has 0 amide bonds. The molecule has 1 aliphatic heterocycles. The fraction of sp³-hybridized carbons (Fsp3) is 0.875. The maximum Gasteiger partial charge on any atom is 0.0838 e. The molecule has 2 unspecified atom stereocenters. The van der Waals surface area contributed by atoms with E-state index in [0.29, 0.717) is 13.2 Å². The van der Waals surface area contributed by atoms with E-state index >= 15 is 0 Å². The number of hydrogen-bond donors (Lipinski definition) is 1. The van der Waals surface area contributed by atoms with Crippen LogP contribution in [0.2, 0.25) is 0 Å². The van der Waals surface area contributed by atoms with Gasteiger partial charge in [0, 0.05) is 5.92 Å². The summed E-state index contributed by atoms with van der Waals surface area (Å²) in [6, 6.07) is 2.17. The first-order valence-electron chi connectivity index (χ1n) is 3.75. The van der Waals surface area contributed by atoms with Crippen LogP contribution in [0.4, 0.5) is 0 Å². The summed E-state index contributed by atoms with van der Waals surface area (Å²) in [5, 5.41) is 18.1. The van der Waals surface area contributed by atoms with E-state index < -0.39 is 11.5 Å². The van der Waals surface area contributed by atoms with Crippen LogP contribution in [0.1, 0.15) is 13.8 Å². The van der Waals surface area contributed by atoms with Gasteiger partial charge in [-0.2, -0.15) is 5.26 Å². The highest BCUT2D eigenvalue weighted by atomic mass is 16.5. The van der Waals surface area contributed by atoms with Crippen molar-refractivity contribution in [2.75, 3.05) is 13.2 Å². The third-order valence-corrected chi connectivity index (χ3v) is 2.27. The van der Waals surface area contributed by atoms with Crippen LogP contribution in [-0.4, -0.2) is 24.4 Å². The zero-order valence-corrected chi connectivity index (χ0v) is 6.87. The Morgan fingerprint density at radius 2 is 2.18 bits per heavy atom. The van der Waals surface area contributed by atoms with E-state index in [1.807, 2.05) is 13.8 Å². The van der Waals surface area contributed by atoms with Gasteiger partial charge >= 0.3 is 0 Å². The third kappa shape index (κ3) is 1.52. The summed E-state index contributed by atoms with van der Waals surface area (Å²) < 4.78 is 5.06. The first-order chi connectivity index (χ1) is 5.08. The Kier molecular flexibility index (Phi) is 2.17. The molecular weight excluding hydrogens is 142 g/mol. The van der Waals surface area contributed by atoms with E-state index in [4.69, 9.17) is 10.00 Å². The second kappa shape index (κ2) is 2.80. The van der Waals surface area contributed by atoms with Crippen LogP contribution in [0.25, 0.3) is 0 Å². The van der Waals surface area contributed by atoms with E-state index in [-0.39, 0.29) is 5.92 Å². The SMILES string of the molecule is CC(C)(C#N)C1COCC1O. The summed E-state index contributed by atoms with van der Waals surface area (Å²) in [5.41, 5.74) is -0.476. The van der Waals surface area contributed by atoms with Crippen LogP contribution in [0.15, 0.2) is 0 Å². The Hall–Kier alpha value is -0.590. The summed E-state index contributed by atoms with van der Waals surface area (Å²) >= 11 is 0. The molecule has 0 saturated carbocycles. The Balaban J connectivity index is 2.68. The van der Waals surface area contributed by atoms with Gasteiger partial charge in [-0.25, -0.2) is 0 Å². The van der Waals surface area contributed by atoms with Gasteiger partial charge in [0.25, 0.3) is 0 Å². The highest BCUT2D eigenvalue weighted by molar-refractivity contribution is 5.00. The molecule has 1 fully saturated rings. The molecule has 0 bridgehead atoms. The van der Waals surface area contributed by atoms with Crippen molar-refractivity contribution >= 4 is 0 Å². The molecule has 0 aromatic heterocycles. The molecule has 0 spiro atoms. The topological polar surface area (TPSA) is 53.2 Å². The third-order valence-electron chi connectivity index (χ3n) is 2.27. The lowest BCUT2D eigenvalue weighted by atomic mass is 9.78. The van der Waals surface area contributed by atoms with Gasteiger partial charge in [0.1, 0.15) is 0 Å². The van der Waals surface area contributed by atoms with Gasteiger partial charge in [-0.1, -0.05) is 0 Å². The number of nitrogens with zero attached hydrogens (tertiary/aromatic N) is 1. The molecule has 1 aliphatic rings. The highest BCUT2D eigenvalue weighted by Gasteiger charge is 2.39. The van der Waals surface area contributed by atoms with Crippen molar-refractivity contribution in [3.63, 3.8) is 0 Å². The lowest BCUT2D eigenvalue weighted by Crippen LogP contribution is -2.31. The van der Waals surface area contributed by atoms with E-state index in [1.54, 1.807) is 0 Å². The predicted molar refractivity (Wildman–Crippen MR) is 39.7 cm³/mol. The standard InChI is InChI=1S/C8H13NO2/c1-8(2,5-9)6-3-11-4-7(6)10/h6-7,10H,3-4H2,1-2H3. The molecule has 62 valence electrons. The first kappa shape index (κ1) is 8.51. The minimum atomic E-state index is -0.476. The van der Waals surface area contributed by atoms with E-state index in [9.17, 15) is 5.11 Å². The number of nitriles is 1. The van der Waals surface area contributed by atoms with E-state index in [1.165, 1.54) is 0 Å². The number of ether oxygens (including phenoxy) is 1. The number of hydrogen-bond acceptors (Lipinski definition) is 3. The Labute approximate surface area is 66.6 Å². The molecule has 0 aromatic carbocycles. The molecule has 11 heavy (non-hydrogen) atoms. The van der Waals surface area contributed by atoms with Crippen molar-refractivity contribution in [1.82, 2.24) is 0 Å². The van der Waals surface area contributed by atoms with Crippen molar-refractivity contribution in [1.29, 1.82) is 5.26 Å². The van der Waals surface area contributed by atoms with Crippen molar-refractivity contribution in [3.05, 3.63) is 0 Å². The fourth-order valence-electron chi connectivity index (χ4n) is 1.32. The summed E-state index contributed by atoms with van der Waals surface area (Å²) in [4.78, 5) is 0. The van der Waals surface area contributed by atoms with Crippen LogP contribution in [0.5, 0.6) is 0 Å². The molecule has 1 heterocycles. The minimum Gasteiger partial charge on any atom is -0.390 e. The minimum absolute atomic E-state index is 0.0347. The lowest BCUT2D eigenvalue weighted by Gasteiger charge is -2.24. The first-order valence-corrected chi connectivity index (χ1v) is 3.75. The van der Waals surface area contributed by atoms with Crippen molar-refractivity contribution in [2.45, 2.75) is 20.0 Å². The molecule has 3 nitrogen and oxygen atoms in total. The predicted octanol–water partition coefficient (Wildman–Crippen LogP) is 0.543. The van der Waals surface area contributed by atoms with Crippen molar-refractivity contribution in [2.24, 2.45) is 11.3 Å². The average molecular weight is 155 g/mol. The maximum atomic E-state index is 9.38. The molecule has 1 N–H and O–H groups in total. The van der Waals surface area contributed by atoms with Crippen LogP contribution >= 0.6 is 0 Å². The van der Waals surface area contributed by atoms with Crippen molar-refractivity contribution in [3.8, 4) is 6.07 Å². The summed E-state index contributed by atoms with van der Waals surface area (Å²) in [6.45, 7) is 4.53. The van der Waals surface area contributed by atoms with Gasteiger partial charge in [0.15, 0.2) is 0 Å². The van der Waals surface area contributed by atoms with Gasteiger partial charge in [-0.15, -0.1) is 0 Å². The van der Waals surface area contributed by atoms with Crippen LogP contribution < -0.4 is 0 Å². The number of aliphatic hydroxyl groups excluding tert-OH is 1. The molecule has 2 atom stereocenters. The summed E-state index contributed by atoms with van der Waals surface area (Å²) in [5.74, 6) is -0.0347. The molecule has 0 aliphatic carbocycles. The molecular formula is C8H13NO2. The van der Waals surface area contributed by atoms with Gasteiger partial charge in [0.05, 0.1) is 30.8 Å². The van der Waals surface area contributed by atoms with Crippen LogP contribution in [-0.2, 0) is 4.74 Å². The molecule has 1 rings (SSSR count). The quantitative estimate of drug-likeness (QED) is 0.601. The largest absolute Gasteiger partial charge is 0.390 e. The smallest absolute Gasteiger partial charge is 0.0838 e. The molecule has 3 heteroatoms. The van der Waals surface area contributed by atoms with Gasteiger partial charge in [0.2, 0.25) is 0 Å². The molecule has 0 radical (unpaired) electrons. The summed E-state index contributed by atoms with van der Waals surface area (Å²) in [7, 11) is 0. The lowest BCUT2D eigenvalue weighted by molar-refractivity contribution is 0.0951. The van der Waals surface area contributed by atoms with Crippen LogP contribution in [0.3, 0.4) is 0 Å². The average Bonchev–Trinajstić information content (AvgIpc) is 2.36. The van der Waals surface area contributed by atoms with Gasteiger partial charge in [-0.3, -0.25) is 0 Å². The zero-order chi connectivity index (χ0) is 8.48. The van der Waals surface area contributed by atoms with Crippen molar-refractivity contribution < 1.29 is 9.84 Å². The normalized spacial score (nSPS) is 31.8. The Bertz CT molecular complexity index is 183. The maximum absolute atomic E-state index is 9.38. The van der Waals surface area contributed by atoms with E-state index in [2.05, 4.69) is 6.07 Å². The molecule has 0 aromatic rings. The Morgan fingerprint density at radius 3 is 2.55 bits per heavy atom. The highest BCUT2D eigenvalue weighted by Crippen LogP contribution is 2.32. The van der Waals surface area contributed by atoms with Crippen LogP contribution in [0, 0.1) is 22.7 Å². The second-order valence-corrected chi connectivity index (χ2v) is 3.54. The Morgan fingerprint density at radius 1 is 1.55 bits per heavy atom. The van der Waals surface area contributed by atoms with E-state index in [0.717, 1.165) is 0 Å². The zero-order valence-electron chi connectivity index (χ0n) is 6.87. The fourth-order valence-corrected chi connectivity index (χ4v) is 1.32. The number of aliphatic hydroxyl groups is 1. The van der Waals surface area contributed by atoms with Gasteiger partial charge < -0.3 is 9.84 Å². The molecule has 1 saturated heterocycles. The summed E-state index contributed by atoms with van der Waals surface area (Å²) in [6.07, 6.45) is -0.468. The monoisotopic (exact) mass is 155 g/mol.